The zero-order valence-corrected chi connectivity index (χ0v) is 19.5. The Balaban J connectivity index is 1.78. The molecule has 0 bridgehead atoms. The maximum Gasteiger partial charge on any atom is 0.461 e. The summed E-state index contributed by atoms with van der Waals surface area (Å²) in [6.07, 6.45) is -10.1. The number of carbonyl (C=O) groups is 1. The number of halogens is 4. The van der Waals surface area contributed by atoms with Crippen molar-refractivity contribution in [3.8, 4) is 11.5 Å². The summed E-state index contributed by atoms with van der Waals surface area (Å²) in [7, 11) is 0. The molecule has 0 fully saturated rings. The lowest BCUT2D eigenvalue weighted by Crippen LogP contribution is -2.33. The number of benzene rings is 3. The molecule has 0 aliphatic carbocycles. The van der Waals surface area contributed by atoms with Gasteiger partial charge in [-0.3, -0.25) is 4.79 Å². The molecular weight excluding hydrogens is 480 g/mol. The van der Waals surface area contributed by atoms with Crippen LogP contribution in [0.1, 0.15) is 29.7 Å². The number of ether oxygens (including phenoxy) is 3. The van der Waals surface area contributed by atoms with Crippen LogP contribution in [-0.2, 0) is 22.6 Å². The van der Waals surface area contributed by atoms with E-state index in [1.807, 2.05) is 30.3 Å². The van der Waals surface area contributed by atoms with Gasteiger partial charge in [-0.05, 0) is 54.3 Å². The summed E-state index contributed by atoms with van der Waals surface area (Å²) >= 11 is 0. The molecule has 0 aliphatic heterocycles. The first-order chi connectivity index (χ1) is 17.2. The number of rotatable bonds is 12. The van der Waals surface area contributed by atoms with Crippen LogP contribution in [0.2, 0.25) is 0 Å². The van der Waals surface area contributed by atoms with Crippen molar-refractivity contribution < 1.29 is 41.7 Å². The monoisotopic (exact) mass is 506 g/mol. The Morgan fingerprint density at radius 3 is 2.28 bits per heavy atom. The molecule has 2 unspecified atom stereocenters. The van der Waals surface area contributed by atoms with Gasteiger partial charge in [0.05, 0.1) is 18.6 Å². The molecular formula is C27H26F4O5. The lowest BCUT2D eigenvalue weighted by molar-refractivity contribution is -0.253. The predicted octanol–water partition coefficient (Wildman–Crippen LogP) is 5.96. The molecule has 5 nitrogen and oxygen atoms in total. The molecule has 9 heteroatoms. The van der Waals surface area contributed by atoms with Crippen LogP contribution in [0.5, 0.6) is 11.5 Å². The summed E-state index contributed by atoms with van der Waals surface area (Å²) in [5, 5.41) is 11.1. The van der Waals surface area contributed by atoms with Gasteiger partial charge in [-0.15, -0.1) is 0 Å². The smallest absolute Gasteiger partial charge is 0.461 e. The number of aliphatic hydroxyl groups excluding tert-OH is 1. The van der Waals surface area contributed by atoms with Crippen molar-refractivity contribution >= 4 is 5.97 Å². The summed E-state index contributed by atoms with van der Waals surface area (Å²) in [5.74, 6) is -1.83. The standard InChI is InChI=1S/C27H26F4O5/c1-2-34-25(33)23(15-19-10-6-13-22(14-19)36-27(30,31)26(28)29)24(32)20-11-7-12-21(16-20)35-17-18-8-4-3-5-9-18/h3-14,16,23-24,26,32H,2,15,17H2,1H3. The molecule has 0 spiro atoms. The van der Waals surface area contributed by atoms with Gasteiger partial charge in [0.15, 0.2) is 0 Å². The second-order valence-corrected chi connectivity index (χ2v) is 7.97. The second-order valence-electron chi connectivity index (χ2n) is 7.97. The molecule has 0 saturated heterocycles. The third kappa shape index (κ3) is 7.45. The average Bonchev–Trinajstić information content (AvgIpc) is 2.86. The minimum atomic E-state index is -4.67. The number of alkyl halides is 4. The van der Waals surface area contributed by atoms with Crippen LogP contribution in [0.15, 0.2) is 78.9 Å². The van der Waals surface area contributed by atoms with E-state index in [0.717, 1.165) is 17.7 Å². The van der Waals surface area contributed by atoms with E-state index < -0.39 is 36.3 Å². The van der Waals surface area contributed by atoms with E-state index in [2.05, 4.69) is 4.74 Å². The normalized spacial score (nSPS) is 13.2. The van der Waals surface area contributed by atoms with Crippen molar-refractivity contribution in [3.63, 3.8) is 0 Å². The molecule has 0 aromatic heterocycles. The number of hydrogen-bond donors (Lipinski definition) is 1. The van der Waals surface area contributed by atoms with Crippen LogP contribution < -0.4 is 9.47 Å². The molecule has 36 heavy (non-hydrogen) atoms. The Hall–Kier alpha value is -3.59. The van der Waals surface area contributed by atoms with Gasteiger partial charge in [0, 0.05) is 0 Å². The van der Waals surface area contributed by atoms with Crippen LogP contribution >= 0.6 is 0 Å². The Labute approximate surface area is 206 Å². The minimum Gasteiger partial charge on any atom is -0.489 e. The van der Waals surface area contributed by atoms with Crippen molar-refractivity contribution in [3.05, 3.63) is 95.6 Å². The van der Waals surface area contributed by atoms with Crippen molar-refractivity contribution in [2.24, 2.45) is 5.92 Å². The molecule has 0 radical (unpaired) electrons. The zero-order chi connectivity index (χ0) is 26.1. The maximum absolute atomic E-state index is 13.3. The van der Waals surface area contributed by atoms with Gasteiger partial charge in [-0.1, -0.05) is 54.6 Å². The lowest BCUT2D eigenvalue weighted by atomic mass is 9.89. The fourth-order valence-electron chi connectivity index (χ4n) is 3.53. The quantitative estimate of drug-likeness (QED) is 0.243. The van der Waals surface area contributed by atoms with E-state index in [9.17, 15) is 27.5 Å². The van der Waals surface area contributed by atoms with Gasteiger partial charge in [-0.2, -0.15) is 17.6 Å². The van der Waals surface area contributed by atoms with E-state index >= 15 is 0 Å². The van der Waals surface area contributed by atoms with Crippen molar-refractivity contribution in [2.75, 3.05) is 6.61 Å². The summed E-state index contributed by atoms with van der Waals surface area (Å²) in [5.41, 5.74) is 1.65. The van der Waals surface area contributed by atoms with Crippen molar-refractivity contribution in [2.45, 2.75) is 38.6 Å². The molecule has 3 aromatic carbocycles. The summed E-state index contributed by atoms with van der Waals surface area (Å²) in [6.45, 7) is 1.98. The van der Waals surface area contributed by atoms with Gasteiger partial charge >= 0.3 is 18.5 Å². The van der Waals surface area contributed by atoms with Gasteiger partial charge < -0.3 is 19.3 Å². The van der Waals surface area contributed by atoms with Gasteiger partial charge in [0.2, 0.25) is 0 Å². The highest BCUT2D eigenvalue weighted by molar-refractivity contribution is 5.74. The first-order valence-electron chi connectivity index (χ1n) is 11.2. The summed E-state index contributed by atoms with van der Waals surface area (Å²) < 4.78 is 66.7. The molecule has 0 aliphatic rings. The highest BCUT2D eigenvalue weighted by atomic mass is 19.3. The first kappa shape index (κ1) is 27.0. The predicted molar refractivity (Wildman–Crippen MR) is 124 cm³/mol. The Bertz CT molecular complexity index is 1120. The average molecular weight is 506 g/mol. The molecule has 3 aromatic rings. The van der Waals surface area contributed by atoms with E-state index in [1.165, 1.54) is 12.1 Å². The SMILES string of the molecule is CCOC(=O)C(Cc1cccc(OC(F)(F)C(F)F)c1)C(O)c1cccc(OCc2ccccc2)c1. The van der Waals surface area contributed by atoms with E-state index in [-0.39, 0.29) is 13.0 Å². The van der Waals surface area contributed by atoms with Gasteiger partial charge in [0.25, 0.3) is 0 Å². The second kappa shape index (κ2) is 12.4. The van der Waals surface area contributed by atoms with Gasteiger partial charge in [0.1, 0.15) is 18.1 Å². The fraction of sp³-hybridized carbons (Fsp3) is 0.296. The van der Waals surface area contributed by atoms with Crippen LogP contribution in [0.25, 0.3) is 0 Å². The fourth-order valence-corrected chi connectivity index (χ4v) is 3.53. The van der Waals surface area contributed by atoms with Crippen LogP contribution in [-0.4, -0.2) is 30.2 Å². The van der Waals surface area contributed by atoms with Crippen LogP contribution in [0, 0.1) is 5.92 Å². The van der Waals surface area contributed by atoms with E-state index in [0.29, 0.717) is 23.5 Å². The highest BCUT2D eigenvalue weighted by Crippen LogP contribution is 2.32. The van der Waals surface area contributed by atoms with E-state index in [4.69, 9.17) is 9.47 Å². The van der Waals surface area contributed by atoms with Crippen molar-refractivity contribution in [1.82, 2.24) is 0 Å². The largest absolute Gasteiger partial charge is 0.489 e. The van der Waals surface area contributed by atoms with Gasteiger partial charge in [-0.25, -0.2) is 0 Å². The maximum atomic E-state index is 13.3. The summed E-state index contributed by atoms with van der Waals surface area (Å²) in [6, 6.07) is 21.1. The molecule has 2 atom stereocenters. The number of hydrogen-bond acceptors (Lipinski definition) is 5. The molecule has 192 valence electrons. The first-order valence-corrected chi connectivity index (χ1v) is 11.2. The number of aliphatic hydroxyl groups is 1. The molecule has 1 N–H and O–H groups in total. The lowest BCUT2D eigenvalue weighted by Gasteiger charge is -2.23. The molecule has 0 saturated carbocycles. The number of esters is 1. The van der Waals surface area contributed by atoms with E-state index in [1.54, 1.807) is 31.2 Å². The topological polar surface area (TPSA) is 65.0 Å². The third-order valence-corrected chi connectivity index (χ3v) is 5.28. The zero-order valence-electron chi connectivity index (χ0n) is 19.5. The van der Waals surface area contributed by atoms with Crippen LogP contribution in [0.3, 0.4) is 0 Å². The molecule has 0 heterocycles. The summed E-state index contributed by atoms with van der Waals surface area (Å²) in [4.78, 5) is 12.7. The van der Waals surface area contributed by atoms with Crippen molar-refractivity contribution in [1.29, 1.82) is 0 Å². The Morgan fingerprint density at radius 1 is 0.917 bits per heavy atom. The molecule has 3 rings (SSSR count). The minimum absolute atomic E-state index is 0.0615. The number of carbonyl (C=O) groups excluding carboxylic acids is 1. The molecule has 0 amide bonds. The third-order valence-electron chi connectivity index (χ3n) is 5.28. The Morgan fingerprint density at radius 2 is 1.58 bits per heavy atom. The highest BCUT2D eigenvalue weighted by Gasteiger charge is 2.44. The van der Waals surface area contributed by atoms with Crippen LogP contribution in [0.4, 0.5) is 17.6 Å². The Kier molecular flexibility index (Phi) is 9.30.